The summed E-state index contributed by atoms with van der Waals surface area (Å²) in [5.41, 5.74) is 6.42. The van der Waals surface area contributed by atoms with Crippen molar-refractivity contribution in [3.8, 4) is 0 Å². The van der Waals surface area contributed by atoms with Crippen molar-refractivity contribution in [1.82, 2.24) is 19.5 Å². The van der Waals surface area contributed by atoms with Gasteiger partial charge in [-0.2, -0.15) is 4.98 Å². The predicted octanol–water partition coefficient (Wildman–Crippen LogP) is 1.47. The van der Waals surface area contributed by atoms with Crippen molar-refractivity contribution in [3.05, 3.63) is 52.6 Å². The Bertz CT molecular complexity index is 1000. The summed E-state index contributed by atoms with van der Waals surface area (Å²) >= 11 is 0. The highest BCUT2D eigenvalue weighted by atomic mass is 31.2. The molecule has 3 aromatic rings. The first-order chi connectivity index (χ1) is 12.9. The molecule has 0 aliphatic carbocycles. The number of aromatic amines is 1. The first-order valence-electron chi connectivity index (χ1n) is 8.23. The van der Waals surface area contributed by atoms with Gasteiger partial charge in [-0.3, -0.25) is 18.9 Å². The van der Waals surface area contributed by atoms with Gasteiger partial charge in [0, 0.05) is 6.61 Å². The van der Waals surface area contributed by atoms with E-state index in [2.05, 4.69) is 15.0 Å². The smallest absolute Gasteiger partial charge is 0.328 e. The number of anilines is 1. The number of fused-ring (bicyclic) bond motifs is 1. The molecule has 27 heavy (non-hydrogen) atoms. The van der Waals surface area contributed by atoms with E-state index in [0.29, 0.717) is 12.1 Å². The van der Waals surface area contributed by atoms with Crippen molar-refractivity contribution in [2.45, 2.75) is 19.8 Å². The molecular formula is C16H20N5O5P. The van der Waals surface area contributed by atoms with Crippen LogP contribution in [-0.2, 0) is 27.2 Å². The molecule has 0 aliphatic rings. The maximum absolute atomic E-state index is 12.0. The zero-order chi connectivity index (χ0) is 19.3. The molecule has 2 aromatic heterocycles. The minimum atomic E-state index is -3.68. The Balaban J connectivity index is 1.44. The SMILES string of the molecule is Nc1nc2c(ncn2COCCCP(=O)(O)OCc2ccccc2)c(=O)[nH]1. The lowest BCUT2D eigenvalue weighted by molar-refractivity contribution is 0.0790. The fourth-order valence-electron chi connectivity index (χ4n) is 2.41. The lowest BCUT2D eigenvalue weighted by Gasteiger charge is -2.12. The van der Waals surface area contributed by atoms with Gasteiger partial charge >= 0.3 is 7.60 Å². The maximum atomic E-state index is 12.0. The molecule has 0 saturated heterocycles. The highest BCUT2D eigenvalue weighted by Crippen LogP contribution is 2.43. The van der Waals surface area contributed by atoms with Gasteiger partial charge in [0.2, 0.25) is 5.95 Å². The Labute approximate surface area is 154 Å². The van der Waals surface area contributed by atoms with Gasteiger partial charge in [-0.05, 0) is 12.0 Å². The summed E-state index contributed by atoms with van der Waals surface area (Å²) in [5.74, 6) is -0.00830. The Morgan fingerprint density at radius 1 is 1.30 bits per heavy atom. The van der Waals surface area contributed by atoms with Crippen molar-refractivity contribution in [1.29, 1.82) is 0 Å². The average Bonchev–Trinajstić information content (AvgIpc) is 3.04. The van der Waals surface area contributed by atoms with Crippen molar-refractivity contribution in [2.24, 2.45) is 0 Å². The molecule has 1 aromatic carbocycles. The van der Waals surface area contributed by atoms with E-state index < -0.39 is 13.2 Å². The molecule has 3 rings (SSSR count). The third-order valence-electron chi connectivity index (χ3n) is 3.73. The molecule has 0 fully saturated rings. The second-order valence-electron chi connectivity index (χ2n) is 5.85. The maximum Gasteiger partial charge on any atom is 0.328 e. The summed E-state index contributed by atoms with van der Waals surface area (Å²) in [6.45, 7) is 0.405. The molecule has 10 nitrogen and oxygen atoms in total. The fourth-order valence-corrected chi connectivity index (χ4v) is 3.42. The van der Waals surface area contributed by atoms with E-state index in [9.17, 15) is 14.3 Å². The van der Waals surface area contributed by atoms with Crippen LogP contribution in [0, 0.1) is 0 Å². The summed E-state index contributed by atoms with van der Waals surface area (Å²) in [6, 6.07) is 9.19. The van der Waals surface area contributed by atoms with Gasteiger partial charge in [0.15, 0.2) is 11.2 Å². The summed E-state index contributed by atoms with van der Waals surface area (Å²) in [4.78, 5) is 31.9. The van der Waals surface area contributed by atoms with E-state index in [0.717, 1.165) is 5.56 Å². The van der Waals surface area contributed by atoms with Crippen molar-refractivity contribution < 1.29 is 18.7 Å². The molecule has 0 aliphatic heterocycles. The van der Waals surface area contributed by atoms with Crippen molar-refractivity contribution in [3.63, 3.8) is 0 Å². The van der Waals surface area contributed by atoms with E-state index >= 15 is 0 Å². The van der Waals surface area contributed by atoms with E-state index in [-0.39, 0.29) is 37.6 Å². The van der Waals surface area contributed by atoms with Crippen LogP contribution in [0.3, 0.4) is 0 Å². The van der Waals surface area contributed by atoms with Crippen molar-refractivity contribution >= 4 is 24.7 Å². The number of hydrogen-bond acceptors (Lipinski definition) is 7. The van der Waals surface area contributed by atoms with Crippen LogP contribution in [0.4, 0.5) is 5.95 Å². The molecule has 0 bridgehead atoms. The van der Waals surface area contributed by atoms with Gasteiger partial charge in [-0.25, -0.2) is 4.98 Å². The monoisotopic (exact) mass is 393 g/mol. The average molecular weight is 393 g/mol. The standard InChI is InChI=1S/C16H20N5O5P/c17-16-19-14-13(15(22)20-16)18-10-21(14)11-25-7-4-8-27(23,24)26-9-12-5-2-1-3-6-12/h1-3,5-6,10H,4,7-9,11H2,(H,23,24)(H3,17,19,20,22). The Morgan fingerprint density at radius 2 is 2.07 bits per heavy atom. The lowest BCUT2D eigenvalue weighted by Crippen LogP contribution is -2.13. The minimum Gasteiger partial charge on any atom is -0.369 e. The molecule has 4 N–H and O–H groups in total. The number of imidazole rings is 1. The number of ether oxygens (including phenoxy) is 1. The summed E-state index contributed by atoms with van der Waals surface area (Å²) in [6.07, 6.45) is 1.74. The molecule has 11 heteroatoms. The second kappa shape index (κ2) is 8.45. The Kier molecular flexibility index (Phi) is 6.02. The number of benzene rings is 1. The zero-order valence-corrected chi connectivity index (χ0v) is 15.3. The van der Waals surface area contributed by atoms with Gasteiger partial charge in [0.25, 0.3) is 5.56 Å². The molecule has 1 unspecified atom stereocenters. The molecule has 0 spiro atoms. The Morgan fingerprint density at radius 3 is 2.85 bits per heavy atom. The fraction of sp³-hybridized carbons (Fsp3) is 0.312. The molecule has 2 heterocycles. The normalized spacial score (nSPS) is 13.7. The number of nitrogen functional groups attached to an aromatic ring is 1. The third-order valence-corrected chi connectivity index (χ3v) is 5.14. The molecular weight excluding hydrogens is 373 g/mol. The number of aromatic nitrogens is 4. The van der Waals surface area contributed by atoms with Gasteiger partial charge in [-0.15, -0.1) is 0 Å². The number of hydrogen-bond donors (Lipinski definition) is 3. The number of nitrogens with two attached hydrogens (primary N) is 1. The van der Waals surface area contributed by atoms with Crippen LogP contribution in [0.15, 0.2) is 41.5 Å². The largest absolute Gasteiger partial charge is 0.369 e. The molecule has 1 atom stereocenters. The highest BCUT2D eigenvalue weighted by Gasteiger charge is 2.18. The zero-order valence-electron chi connectivity index (χ0n) is 14.4. The highest BCUT2D eigenvalue weighted by molar-refractivity contribution is 7.52. The number of H-pyrrole nitrogens is 1. The van der Waals surface area contributed by atoms with E-state index in [1.165, 1.54) is 10.9 Å². The second-order valence-corrected chi connectivity index (χ2v) is 7.83. The van der Waals surface area contributed by atoms with Crippen LogP contribution >= 0.6 is 7.60 Å². The minimum absolute atomic E-state index is 0.00830. The van der Waals surface area contributed by atoms with Gasteiger partial charge in [-0.1, -0.05) is 30.3 Å². The van der Waals surface area contributed by atoms with E-state index in [1.54, 1.807) is 0 Å². The van der Waals surface area contributed by atoms with Gasteiger partial charge in [0.05, 0.1) is 19.1 Å². The summed E-state index contributed by atoms with van der Waals surface area (Å²) in [7, 11) is -3.68. The summed E-state index contributed by atoms with van der Waals surface area (Å²) in [5, 5.41) is 0. The molecule has 0 saturated carbocycles. The molecule has 144 valence electrons. The third kappa shape index (κ3) is 5.24. The van der Waals surface area contributed by atoms with E-state index in [1.807, 2.05) is 30.3 Å². The molecule has 0 amide bonds. The van der Waals surface area contributed by atoms with Crippen LogP contribution in [0.25, 0.3) is 11.2 Å². The summed E-state index contributed by atoms with van der Waals surface area (Å²) < 4.78 is 24.2. The number of rotatable bonds is 9. The lowest BCUT2D eigenvalue weighted by atomic mass is 10.2. The number of nitrogens with one attached hydrogen (secondary N) is 1. The van der Waals surface area contributed by atoms with Crippen LogP contribution in [0.2, 0.25) is 0 Å². The first-order valence-corrected chi connectivity index (χ1v) is 9.99. The van der Waals surface area contributed by atoms with Crippen LogP contribution in [-0.4, -0.2) is 37.2 Å². The predicted molar refractivity (Wildman–Crippen MR) is 99.1 cm³/mol. The quantitative estimate of drug-likeness (QED) is 0.366. The first kappa shape index (κ1) is 19.2. The van der Waals surface area contributed by atoms with Crippen LogP contribution in [0.1, 0.15) is 12.0 Å². The number of nitrogens with zero attached hydrogens (tertiary/aromatic N) is 3. The van der Waals surface area contributed by atoms with Crippen LogP contribution in [0.5, 0.6) is 0 Å². The topological polar surface area (TPSA) is 145 Å². The van der Waals surface area contributed by atoms with E-state index in [4.69, 9.17) is 15.0 Å². The Hall–Kier alpha value is -2.52. The van der Waals surface area contributed by atoms with Gasteiger partial charge < -0.3 is 19.9 Å². The van der Waals surface area contributed by atoms with Crippen molar-refractivity contribution in [2.75, 3.05) is 18.5 Å². The molecule has 0 radical (unpaired) electrons. The van der Waals surface area contributed by atoms with Crippen LogP contribution < -0.4 is 11.3 Å². The van der Waals surface area contributed by atoms with Gasteiger partial charge in [0.1, 0.15) is 6.73 Å².